The normalized spacial score (nSPS) is 14.4. The molecule has 0 spiro atoms. The van der Waals surface area contributed by atoms with Crippen molar-refractivity contribution in [2.24, 2.45) is 0 Å². The average Bonchev–Trinajstić information content (AvgIpc) is 2.74. The molecule has 3 heterocycles. The summed E-state index contributed by atoms with van der Waals surface area (Å²) in [6.07, 6.45) is 0. The van der Waals surface area contributed by atoms with E-state index in [9.17, 15) is 4.21 Å². The molecule has 0 aliphatic carbocycles. The number of aryl methyl sites for hydroxylation is 2. The van der Waals surface area contributed by atoms with Crippen LogP contribution in [0.25, 0.3) is 9.75 Å². The van der Waals surface area contributed by atoms with Gasteiger partial charge in [-0.25, -0.2) is 4.21 Å². The first kappa shape index (κ1) is 8.83. The molecule has 0 atom stereocenters. The van der Waals surface area contributed by atoms with Crippen LogP contribution in [0.1, 0.15) is 11.1 Å². The van der Waals surface area contributed by atoms with Crippen LogP contribution in [-0.2, 0) is 10.8 Å². The van der Waals surface area contributed by atoms with E-state index >= 15 is 0 Å². The molecule has 14 heavy (non-hydrogen) atoms. The fourth-order valence-corrected chi connectivity index (χ4v) is 6.28. The highest BCUT2D eigenvalue weighted by atomic mass is 32.2. The molecule has 1 nitrogen and oxygen atoms in total. The first-order valence-corrected chi connectivity index (χ1v) is 7.19. The highest BCUT2D eigenvalue weighted by molar-refractivity contribution is 7.86. The summed E-state index contributed by atoms with van der Waals surface area (Å²) in [6.45, 7) is 4.08. The van der Waals surface area contributed by atoms with E-state index in [0.29, 0.717) is 0 Å². The van der Waals surface area contributed by atoms with Gasteiger partial charge in [-0.3, -0.25) is 0 Å². The first-order chi connectivity index (χ1) is 6.70. The number of thiophene rings is 2. The van der Waals surface area contributed by atoms with Gasteiger partial charge in [-0.2, -0.15) is 0 Å². The van der Waals surface area contributed by atoms with Gasteiger partial charge in [0.05, 0.1) is 30.3 Å². The highest BCUT2D eigenvalue weighted by Crippen LogP contribution is 2.50. The lowest BCUT2D eigenvalue weighted by atomic mass is 10.3. The number of rotatable bonds is 0. The highest BCUT2D eigenvalue weighted by Gasteiger charge is 2.31. The Morgan fingerprint density at radius 2 is 1.43 bits per heavy atom. The van der Waals surface area contributed by atoms with Crippen LogP contribution in [0, 0.1) is 13.8 Å². The quantitative estimate of drug-likeness (QED) is 0.587. The second-order valence-corrected chi connectivity index (χ2v) is 6.54. The van der Waals surface area contributed by atoms with Gasteiger partial charge in [0.1, 0.15) is 0 Å². The van der Waals surface area contributed by atoms with Gasteiger partial charge < -0.3 is 0 Å². The topological polar surface area (TPSA) is 17.1 Å². The summed E-state index contributed by atoms with van der Waals surface area (Å²) in [5.74, 6) is 0. The largest absolute Gasteiger partial charge is 0.249 e. The maximum absolute atomic E-state index is 12.2. The van der Waals surface area contributed by atoms with Crippen molar-refractivity contribution in [2.45, 2.75) is 23.6 Å². The van der Waals surface area contributed by atoms with Crippen LogP contribution >= 0.6 is 22.7 Å². The lowest BCUT2D eigenvalue weighted by Crippen LogP contribution is -1.88. The van der Waals surface area contributed by atoms with E-state index in [1.165, 1.54) is 20.9 Å². The Morgan fingerprint density at radius 3 is 1.86 bits per heavy atom. The zero-order chi connectivity index (χ0) is 9.87. The SMILES string of the molecule is Cc1csc2c1S(=O)c1c(C)csc1-2. The van der Waals surface area contributed by atoms with Gasteiger partial charge in [0.15, 0.2) is 0 Å². The van der Waals surface area contributed by atoms with Gasteiger partial charge in [-0.1, -0.05) is 0 Å². The second kappa shape index (κ2) is 2.78. The number of hydrogen-bond acceptors (Lipinski definition) is 3. The monoisotopic (exact) mass is 240 g/mol. The van der Waals surface area contributed by atoms with E-state index < -0.39 is 10.8 Å². The Kier molecular flexibility index (Phi) is 1.75. The Labute approximate surface area is 92.9 Å². The fourth-order valence-electron chi connectivity index (χ4n) is 1.74. The van der Waals surface area contributed by atoms with Gasteiger partial charge in [0, 0.05) is 0 Å². The van der Waals surface area contributed by atoms with Crippen molar-refractivity contribution in [1.29, 1.82) is 0 Å². The van der Waals surface area contributed by atoms with E-state index in [1.54, 1.807) is 22.7 Å². The first-order valence-electron chi connectivity index (χ1n) is 4.28. The van der Waals surface area contributed by atoms with Crippen molar-refractivity contribution in [1.82, 2.24) is 0 Å². The van der Waals surface area contributed by atoms with Crippen LogP contribution in [0.2, 0.25) is 0 Å². The van der Waals surface area contributed by atoms with Crippen LogP contribution in [0.3, 0.4) is 0 Å². The summed E-state index contributed by atoms with van der Waals surface area (Å²) in [5, 5.41) is 4.20. The zero-order valence-corrected chi connectivity index (χ0v) is 10.2. The molecular formula is C10H8OS3. The second-order valence-electron chi connectivity index (χ2n) is 3.42. The van der Waals surface area contributed by atoms with Gasteiger partial charge in [0.2, 0.25) is 0 Å². The molecule has 3 rings (SSSR count). The fraction of sp³-hybridized carbons (Fsp3) is 0.200. The summed E-state index contributed by atoms with van der Waals surface area (Å²) in [7, 11) is -0.913. The Bertz CT molecular complexity index is 499. The summed E-state index contributed by atoms with van der Waals surface area (Å²) in [6, 6.07) is 0. The molecule has 0 saturated heterocycles. The molecule has 0 N–H and O–H groups in total. The minimum absolute atomic E-state index is 0.913. The molecule has 0 unspecified atom stereocenters. The third-order valence-corrected chi connectivity index (χ3v) is 6.83. The molecule has 0 radical (unpaired) electrons. The molecule has 2 aromatic heterocycles. The summed E-state index contributed by atoms with van der Waals surface area (Å²) >= 11 is 3.43. The maximum atomic E-state index is 12.2. The van der Waals surface area contributed by atoms with Gasteiger partial charge in [0.25, 0.3) is 0 Å². The van der Waals surface area contributed by atoms with Gasteiger partial charge >= 0.3 is 0 Å². The van der Waals surface area contributed by atoms with E-state index in [4.69, 9.17) is 0 Å². The lowest BCUT2D eigenvalue weighted by Gasteiger charge is -1.94. The molecule has 1 aliphatic rings. The molecule has 2 aromatic rings. The average molecular weight is 240 g/mol. The summed E-state index contributed by atoms with van der Waals surface area (Å²) in [5.41, 5.74) is 2.34. The Balaban J connectivity index is 2.42. The van der Waals surface area contributed by atoms with Crippen LogP contribution in [-0.4, -0.2) is 4.21 Å². The zero-order valence-electron chi connectivity index (χ0n) is 7.79. The number of fused-ring (bicyclic) bond motifs is 3. The van der Waals surface area contributed by atoms with Crippen molar-refractivity contribution in [3.63, 3.8) is 0 Å². The minimum Gasteiger partial charge on any atom is -0.249 e. The molecule has 1 aliphatic heterocycles. The van der Waals surface area contributed by atoms with E-state index in [1.807, 2.05) is 13.8 Å². The van der Waals surface area contributed by atoms with E-state index in [2.05, 4.69) is 10.8 Å². The third-order valence-electron chi connectivity index (χ3n) is 2.41. The molecule has 0 saturated carbocycles. The predicted octanol–water partition coefficient (Wildman–Crippen LogP) is 3.57. The Hall–Kier alpha value is -0.450. The van der Waals surface area contributed by atoms with Gasteiger partial charge in [-0.15, -0.1) is 22.7 Å². The van der Waals surface area contributed by atoms with Crippen LogP contribution in [0.5, 0.6) is 0 Å². The van der Waals surface area contributed by atoms with Gasteiger partial charge in [-0.05, 0) is 35.7 Å². The Morgan fingerprint density at radius 1 is 1.00 bits per heavy atom. The third kappa shape index (κ3) is 0.912. The summed E-state index contributed by atoms with van der Waals surface area (Å²) < 4.78 is 12.2. The van der Waals surface area contributed by atoms with Crippen LogP contribution < -0.4 is 0 Å². The van der Waals surface area contributed by atoms with Crippen molar-refractivity contribution in [2.75, 3.05) is 0 Å². The molecule has 72 valence electrons. The van der Waals surface area contributed by atoms with Crippen LogP contribution in [0.4, 0.5) is 0 Å². The van der Waals surface area contributed by atoms with E-state index in [0.717, 1.165) is 9.79 Å². The minimum atomic E-state index is -0.913. The molecule has 0 bridgehead atoms. The van der Waals surface area contributed by atoms with E-state index in [-0.39, 0.29) is 0 Å². The number of hydrogen-bond donors (Lipinski definition) is 0. The van der Waals surface area contributed by atoms with Crippen molar-refractivity contribution >= 4 is 33.5 Å². The van der Waals surface area contributed by atoms with Crippen molar-refractivity contribution in [3.8, 4) is 9.75 Å². The molecule has 0 fully saturated rings. The smallest absolute Gasteiger partial charge is 0.0885 e. The standard InChI is InChI=1S/C10H8OS3/c1-5-3-12-7-8-10(6(2)4-13-8)14(11)9(5)7/h3-4H,1-2H3. The molecule has 0 amide bonds. The summed E-state index contributed by atoms with van der Waals surface area (Å²) in [4.78, 5) is 4.57. The molecule has 0 aromatic carbocycles. The van der Waals surface area contributed by atoms with Crippen LogP contribution in [0.15, 0.2) is 20.6 Å². The molecule has 4 heteroatoms. The molecular weight excluding hydrogens is 232 g/mol. The van der Waals surface area contributed by atoms with Crippen molar-refractivity contribution < 1.29 is 4.21 Å². The lowest BCUT2D eigenvalue weighted by molar-refractivity contribution is 0.684. The predicted molar refractivity (Wildman–Crippen MR) is 61.8 cm³/mol. The van der Waals surface area contributed by atoms with Crippen molar-refractivity contribution in [3.05, 3.63) is 21.9 Å². The maximum Gasteiger partial charge on any atom is 0.0885 e.